The quantitative estimate of drug-likeness (QED) is 0.497. The molecule has 0 amide bonds. The van der Waals surface area contributed by atoms with E-state index in [1.807, 2.05) is 12.1 Å². The third-order valence-corrected chi connectivity index (χ3v) is 5.67. The molecule has 2 heteroatoms. The van der Waals surface area contributed by atoms with Gasteiger partial charge in [-0.3, -0.25) is 0 Å². The van der Waals surface area contributed by atoms with E-state index < -0.39 is 0 Å². The fraction of sp³-hybridized carbons (Fsp3) is 0.217. The fourth-order valence-corrected chi connectivity index (χ4v) is 3.99. The first kappa shape index (κ1) is 16.2. The number of aryl methyl sites for hydroxylation is 1. The van der Waals surface area contributed by atoms with Crippen molar-refractivity contribution in [3.8, 4) is 11.1 Å². The lowest BCUT2D eigenvalue weighted by Gasteiger charge is -2.25. The molecule has 0 aromatic heterocycles. The Balaban J connectivity index is 1.80. The lowest BCUT2D eigenvalue weighted by atomic mass is 9.82. The van der Waals surface area contributed by atoms with Crippen molar-refractivity contribution >= 4 is 23.0 Å². The second-order valence-corrected chi connectivity index (χ2v) is 7.88. The minimum Gasteiger partial charge on any atom is -0.345 e. The Kier molecular flexibility index (Phi) is 3.66. The zero-order valence-electron chi connectivity index (χ0n) is 15.1. The molecule has 0 saturated heterocycles. The first-order chi connectivity index (χ1) is 11.9. The van der Waals surface area contributed by atoms with Crippen LogP contribution >= 0.6 is 11.6 Å². The summed E-state index contributed by atoms with van der Waals surface area (Å²) in [5.41, 5.74) is 9.21. The van der Waals surface area contributed by atoms with Crippen LogP contribution in [0.4, 0.5) is 11.4 Å². The number of hydrogen-bond acceptors (Lipinski definition) is 1. The van der Waals surface area contributed by atoms with Gasteiger partial charge in [-0.2, -0.15) is 0 Å². The Morgan fingerprint density at radius 2 is 1.32 bits per heavy atom. The summed E-state index contributed by atoms with van der Waals surface area (Å²) in [5, 5.41) is 0.762. The Bertz CT molecular complexity index is 954. The van der Waals surface area contributed by atoms with Crippen LogP contribution in [0.3, 0.4) is 0 Å². The van der Waals surface area contributed by atoms with Gasteiger partial charge in [0, 0.05) is 28.9 Å². The third kappa shape index (κ3) is 2.54. The zero-order chi connectivity index (χ0) is 17.8. The summed E-state index contributed by atoms with van der Waals surface area (Å²) in [6, 6.07) is 21.6. The molecule has 3 aromatic rings. The van der Waals surface area contributed by atoms with Crippen molar-refractivity contribution in [1.82, 2.24) is 0 Å². The summed E-state index contributed by atoms with van der Waals surface area (Å²) in [6.07, 6.45) is 0. The monoisotopic (exact) mass is 347 g/mol. The number of anilines is 2. The highest BCUT2D eigenvalue weighted by Crippen LogP contribution is 2.50. The summed E-state index contributed by atoms with van der Waals surface area (Å²) in [7, 11) is 2.10. The van der Waals surface area contributed by atoms with Crippen molar-refractivity contribution in [3.63, 3.8) is 0 Å². The van der Waals surface area contributed by atoms with Crippen LogP contribution in [0.15, 0.2) is 60.7 Å². The number of benzene rings is 3. The van der Waals surface area contributed by atoms with Crippen molar-refractivity contribution in [2.75, 3.05) is 11.9 Å². The Morgan fingerprint density at radius 3 is 2.00 bits per heavy atom. The van der Waals surface area contributed by atoms with E-state index in [0.717, 1.165) is 10.7 Å². The van der Waals surface area contributed by atoms with Gasteiger partial charge in [0.25, 0.3) is 0 Å². The molecule has 0 radical (unpaired) electrons. The van der Waals surface area contributed by atoms with Gasteiger partial charge in [-0.25, -0.2) is 0 Å². The van der Waals surface area contributed by atoms with E-state index in [0.29, 0.717) is 0 Å². The van der Waals surface area contributed by atoms with Crippen molar-refractivity contribution in [1.29, 1.82) is 0 Å². The smallest absolute Gasteiger partial charge is 0.0411 e. The second-order valence-electron chi connectivity index (χ2n) is 7.44. The lowest BCUT2D eigenvalue weighted by molar-refractivity contribution is 0.660. The van der Waals surface area contributed by atoms with Gasteiger partial charge in [0.05, 0.1) is 0 Å². The lowest BCUT2D eigenvalue weighted by Crippen LogP contribution is -2.16. The molecule has 126 valence electrons. The van der Waals surface area contributed by atoms with E-state index in [1.54, 1.807) is 0 Å². The van der Waals surface area contributed by atoms with E-state index in [9.17, 15) is 0 Å². The Hall–Kier alpha value is -2.25. The van der Waals surface area contributed by atoms with Crippen molar-refractivity contribution in [3.05, 3.63) is 82.4 Å². The van der Waals surface area contributed by atoms with Crippen LogP contribution in [0.1, 0.15) is 30.5 Å². The van der Waals surface area contributed by atoms with E-state index in [-0.39, 0.29) is 5.41 Å². The number of halogens is 1. The van der Waals surface area contributed by atoms with Gasteiger partial charge in [-0.1, -0.05) is 55.3 Å². The molecule has 0 bridgehead atoms. The first-order valence-electron chi connectivity index (χ1n) is 8.63. The number of hydrogen-bond donors (Lipinski definition) is 0. The SMILES string of the molecule is Cc1ccc2c(c1)C(C)(C)c1cc(N(C)c3ccc(Cl)cc3)ccc1-2. The molecule has 4 rings (SSSR count). The van der Waals surface area contributed by atoms with Crippen molar-refractivity contribution < 1.29 is 0 Å². The van der Waals surface area contributed by atoms with Crippen LogP contribution in [-0.2, 0) is 5.41 Å². The minimum atomic E-state index is 0.0214. The number of fused-ring (bicyclic) bond motifs is 3. The topological polar surface area (TPSA) is 3.24 Å². The molecule has 0 unspecified atom stereocenters. The van der Waals surface area contributed by atoms with Gasteiger partial charge in [0.15, 0.2) is 0 Å². The van der Waals surface area contributed by atoms with Crippen LogP contribution in [-0.4, -0.2) is 7.05 Å². The van der Waals surface area contributed by atoms with Crippen LogP contribution < -0.4 is 4.90 Å². The van der Waals surface area contributed by atoms with Crippen LogP contribution in [0.2, 0.25) is 5.02 Å². The molecule has 3 aromatic carbocycles. The molecule has 0 fully saturated rings. The third-order valence-electron chi connectivity index (χ3n) is 5.42. The number of rotatable bonds is 2. The highest BCUT2D eigenvalue weighted by Gasteiger charge is 2.35. The predicted molar refractivity (Wildman–Crippen MR) is 108 cm³/mol. The zero-order valence-corrected chi connectivity index (χ0v) is 15.9. The molecular formula is C23H22ClN. The molecular weight excluding hydrogens is 326 g/mol. The van der Waals surface area contributed by atoms with Crippen molar-refractivity contribution in [2.24, 2.45) is 0 Å². The minimum absolute atomic E-state index is 0.0214. The van der Waals surface area contributed by atoms with Gasteiger partial charge >= 0.3 is 0 Å². The highest BCUT2D eigenvalue weighted by molar-refractivity contribution is 6.30. The molecule has 0 aliphatic heterocycles. The van der Waals surface area contributed by atoms with Crippen molar-refractivity contribution in [2.45, 2.75) is 26.2 Å². The molecule has 0 N–H and O–H groups in total. The highest BCUT2D eigenvalue weighted by atomic mass is 35.5. The molecule has 0 atom stereocenters. The standard InChI is InChI=1S/C23H22ClN/c1-15-5-11-19-20-12-10-18(14-22(20)23(2,3)21(19)13-15)25(4)17-8-6-16(24)7-9-17/h5-14H,1-4H3. The largest absolute Gasteiger partial charge is 0.345 e. The molecule has 1 aliphatic carbocycles. The molecule has 1 aliphatic rings. The van der Waals surface area contributed by atoms with E-state index in [4.69, 9.17) is 11.6 Å². The second kappa shape index (κ2) is 5.64. The van der Waals surface area contributed by atoms with Gasteiger partial charge in [-0.05, 0) is 65.6 Å². The molecule has 0 spiro atoms. The fourth-order valence-electron chi connectivity index (χ4n) is 3.86. The maximum absolute atomic E-state index is 6.02. The Morgan fingerprint density at radius 1 is 0.760 bits per heavy atom. The predicted octanol–water partition coefficient (Wildman–Crippen LogP) is 6.72. The first-order valence-corrected chi connectivity index (χ1v) is 9.01. The summed E-state index contributed by atoms with van der Waals surface area (Å²) in [5.74, 6) is 0. The summed E-state index contributed by atoms with van der Waals surface area (Å²) in [6.45, 7) is 6.81. The maximum Gasteiger partial charge on any atom is 0.0411 e. The van der Waals surface area contributed by atoms with Gasteiger partial charge in [0.2, 0.25) is 0 Å². The summed E-state index contributed by atoms with van der Waals surface area (Å²) in [4.78, 5) is 2.21. The van der Waals surface area contributed by atoms with Gasteiger partial charge in [-0.15, -0.1) is 0 Å². The summed E-state index contributed by atoms with van der Waals surface area (Å²) >= 11 is 6.02. The average molecular weight is 348 g/mol. The van der Waals surface area contributed by atoms with Crippen LogP contribution in [0.25, 0.3) is 11.1 Å². The van der Waals surface area contributed by atoms with Gasteiger partial charge < -0.3 is 4.90 Å². The van der Waals surface area contributed by atoms with Gasteiger partial charge in [0.1, 0.15) is 0 Å². The Labute approximate surface area is 154 Å². The summed E-state index contributed by atoms with van der Waals surface area (Å²) < 4.78 is 0. The van der Waals surface area contributed by atoms with E-state index in [2.05, 4.69) is 81.2 Å². The molecule has 0 saturated carbocycles. The average Bonchev–Trinajstić information content (AvgIpc) is 2.82. The molecule has 1 nitrogen and oxygen atoms in total. The normalized spacial score (nSPS) is 14.1. The molecule has 25 heavy (non-hydrogen) atoms. The molecule has 0 heterocycles. The van der Waals surface area contributed by atoms with E-state index >= 15 is 0 Å². The number of nitrogens with zero attached hydrogens (tertiary/aromatic N) is 1. The maximum atomic E-state index is 6.02. The van der Waals surface area contributed by atoms with Crippen LogP contribution in [0, 0.1) is 6.92 Å². The van der Waals surface area contributed by atoms with E-state index in [1.165, 1.54) is 33.5 Å². The van der Waals surface area contributed by atoms with Crippen LogP contribution in [0.5, 0.6) is 0 Å².